The zero-order valence-electron chi connectivity index (χ0n) is 10.9. The van der Waals surface area contributed by atoms with Crippen LogP contribution < -0.4 is 0 Å². The first-order valence-corrected chi connectivity index (χ1v) is 6.53. The topological polar surface area (TPSA) is 57.5 Å². The molecule has 0 radical (unpaired) electrons. The van der Waals surface area contributed by atoms with Crippen molar-refractivity contribution in [2.24, 2.45) is 5.92 Å². The summed E-state index contributed by atoms with van der Waals surface area (Å²) in [5.74, 6) is 0.212. The van der Waals surface area contributed by atoms with Crippen LogP contribution in [-0.4, -0.2) is 16.2 Å². The Morgan fingerprint density at radius 3 is 2.56 bits per heavy atom. The van der Waals surface area contributed by atoms with E-state index in [1.165, 1.54) is 0 Å². The molecule has 0 spiro atoms. The molecule has 0 aliphatic heterocycles. The fourth-order valence-corrected chi connectivity index (χ4v) is 2.45. The van der Waals surface area contributed by atoms with Gasteiger partial charge in [0.2, 0.25) is 0 Å². The number of hydrogen-bond donors (Lipinski definition) is 2. The Bertz CT molecular complexity index is 447. The van der Waals surface area contributed by atoms with Gasteiger partial charge in [-0.3, -0.25) is 4.79 Å². The number of rotatable bonds is 5. The normalized spacial score (nSPS) is 16.8. The summed E-state index contributed by atoms with van der Waals surface area (Å²) in [7, 11) is 0. The van der Waals surface area contributed by atoms with Crippen molar-refractivity contribution < 1.29 is 15.0 Å². The molecule has 1 aliphatic carbocycles. The maximum Gasteiger partial charge on any atom is 0.303 e. The number of aromatic hydroxyl groups is 1. The van der Waals surface area contributed by atoms with Gasteiger partial charge >= 0.3 is 5.97 Å². The number of carboxylic acids is 1. The van der Waals surface area contributed by atoms with Gasteiger partial charge in [0.1, 0.15) is 5.75 Å². The highest BCUT2D eigenvalue weighted by atomic mass is 16.4. The summed E-state index contributed by atoms with van der Waals surface area (Å²) in [6, 6.07) is 5.59. The molecule has 0 amide bonds. The molecule has 98 valence electrons. The van der Waals surface area contributed by atoms with Gasteiger partial charge in [0.25, 0.3) is 0 Å². The molecule has 0 bridgehead atoms. The van der Waals surface area contributed by atoms with E-state index in [0.717, 1.165) is 24.0 Å². The molecule has 1 atom stereocenters. The van der Waals surface area contributed by atoms with Crippen molar-refractivity contribution in [1.82, 2.24) is 0 Å². The molecule has 1 aromatic carbocycles. The maximum absolute atomic E-state index is 11.0. The Hall–Kier alpha value is -1.51. The molecule has 1 saturated carbocycles. The highest BCUT2D eigenvalue weighted by molar-refractivity contribution is 5.68. The van der Waals surface area contributed by atoms with Crippen LogP contribution in [0.3, 0.4) is 0 Å². The van der Waals surface area contributed by atoms with Crippen molar-refractivity contribution in [3.8, 4) is 5.75 Å². The predicted molar refractivity (Wildman–Crippen MR) is 69.9 cm³/mol. The Morgan fingerprint density at radius 1 is 1.39 bits per heavy atom. The summed E-state index contributed by atoms with van der Waals surface area (Å²) >= 11 is 0. The van der Waals surface area contributed by atoms with E-state index in [2.05, 4.69) is 13.8 Å². The number of phenols is 1. The van der Waals surface area contributed by atoms with Crippen molar-refractivity contribution in [3.63, 3.8) is 0 Å². The average molecular weight is 248 g/mol. The minimum atomic E-state index is -0.791. The molecule has 0 aromatic heterocycles. The molecule has 1 aromatic rings. The molecule has 2 N–H and O–H groups in total. The number of aliphatic carboxylic acids is 1. The first-order valence-electron chi connectivity index (χ1n) is 6.53. The lowest BCUT2D eigenvalue weighted by atomic mass is 9.87. The van der Waals surface area contributed by atoms with Crippen LogP contribution in [0.25, 0.3) is 0 Å². The smallest absolute Gasteiger partial charge is 0.303 e. The SMILES string of the molecule is CC(C)c1ccc(O)c(C(CC(=O)O)C2CC2)c1. The minimum Gasteiger partial charge on any atom is -0.508 e. The highest BCUT2D eigenvalue weighted by Crippen LogP contribution is 2.47. The lowest BCUT2D eigenvalue weighted by Crippen LogP contribution is -2.09. The second-order valence-electron chi connectivity index (χ2n) is 5.51. The summed E-state index contributed by atoms with van der Waals surface area (Å²) in [6.45, 7) is 4.19. The van der Waals surface area contributed by atoms with Crippen LogP contribution in [0.1, 0.15) is 56.1 Å². The van der Waals surface area contributed by atoms with E-state index < -0.39 is 5.97 Å². The van der Waals surface area contributed by atoms with Crippen LogP contribution in [0.15, 0.2) is 18.2 Å². The first kappa shape index (κ1) is 12.9. The molecule has 18 heavy (non-hydrogen) atoms. The van der Waals surface area contributed by atoms with Gasteiger partial charge in [-0.05, 0) is 41.9 Å². The molecule has 3 nitrogen and oxygen atoms in total. The molecular formula is C15H20O3. The van der Waals surface area contributed by atoms with E-state index in [1.54, 1.807) is 6.07 Å². The third-order valence-corrected chi connectivity index (χ3v) is 3.70. The summed E-state index contributed by atoms with van der Waals surface area (Å²) in [5.41, 5.74) is 1.96. The van der Waals surface area contributed by atoms with Gasteiger partial charge in [-0.15, -0.1) is 0 Å². The van der Waals surface area contributed by atoms with Crippen LogP contribution in [0, 0.1) is 5.92 Å². The number of benzene rings is 1. The minimum absolute atomic E-state index is 0.0406. The molecule has 0 heterocycles. The molecule has 1 aliphatic rings. The van der Waals surface area contributed by atoms with E-state index in [0.29, 0.717) is 11.8 Å². The van der Waals surface area contributed by atoms with Crippen LogP contribution in [0.2, 0.25) is 0 Å². The second kappa shape index (κ2) is 5.01. The van der Waals surface area contributed by atoms with Crippen LogP contribution in [0.5, 0.6) is 5.75 Å². The van der Waals surface area contributed by atoms with Crippen molar-refractivity contribution >= 4 is 5.97 Å². The van der Waals surface area contributed by atoms with Gasteiger partial charge in [0.05, 0.1) is 6.42 Å². The molecule has 1 unspecified atom stereocenters. The fourth-order valence-electron chi connectivity index (χ4n) is 2.45. The summed E-state index contributed by atoms with van der Waals surface area (Å²) in [6.07, 6.45) is 2.26. The van der Waals surface area contributed by atoms with Gasteiger partial charge in [0, 0.05) is 5.92 Å². The van der Waals surface area contributed by atoms with Crippen molar-refractivity contribution in [2.45, 2.75) is 44.9 Å². The number of hydrogen-bond acceptors (Lipinski definition) is 2. The summed E-state index contributed by atoms with van der Waals surface area (Å²) in [4.78, 5) is 11.0. The molecule has 1 fully saturated rings. The third-order valence-electron chi connectivity index (χ3n) is 3.70. The van der Waals surface area contributed by atoms with E-state index in [-0.39, 0.29) is 18.1 Å². The Morgan fingerprint density at radius 2 is 2.06 bits per heavy atom. The van der Waals surface area contributed by atoms with Gasteiger partial charge in [-0.1, -0.05) is 26.0 Å². The Kier molecular flexibility index (Phi) is 3.60. The largest absolute Gasteiger partial charge is 0.508 e. The first-order chi connectivity index (χ1) is 8.49. The van der Waals surface area contributed by atoms with Crippen molar-refractivity contribution in [1.29, 1.82) is 0 Å². The van der Waals surface area contributed by atoms with Crippen LogP contribution in [-0.2, 0) is 4.79 Å². The van der Waals surface area contributed by atoms with Crippen LogP contribution >= 0.6 is 0 Å². The van der Waals surface area contributed by atoms with E-state index in [9.17, 15) is 9.90 Å². The quantitative estimate of drug-likeness (QED) is 0.838. The molecular weight excluding hydrogens is 228 g/mol. The van der Waals surface area contributed by atoms with Crippen LogP contribution in [0.4, 0.5) is 0 Å². The van der Waals surface area contributed by atoms with Gasteiger partial charge in [0.15, 0.2) is 0 Å². The second-order valence-corrected chi connectivity index (χ2v) is 5.51. The Balaban J connectivity index is 2.33. The molecule has 2 rings (SSSR count). The monoisotopic (exact) mass is 248 g/mol. The van der Waals surface area contributed by atoms with Gasteiger partial charge in [-0.2, -0.15) is 0 Å². The Labute approximate surface area is 107 Å². The van der Waals surface area contributed by atoms with E-state index in [4.69, 9.17) is 5.11 Å². The predicted octanol–water partition coefficient (Wildman–Crippen LogP) is 3.48. The number of carbonyl (C=O) groups is 1. The summed E-state index contributed by atoms with van der Waals surface area (Å²) in [5, 5.41) is 19.0. The van der Waals surface area contributed by atoms with E-state index in [1.807, 2.05) is 12.1 Å². The average Bonchev–Trinajstić information content (AvgIpc) is 3.10. The summed E-state index contributed by atoms with van der Waals surface area (Å²) < 4.78 is 0. The highest BCUT2D eigenvalue weighted by Gasteiger charge is 2.35. The lowest BCUT2D eigenvalue weighted by Gasteiger charge is -2.18. The standard InChI is InChI=1S/C15H20O3/c1-9(2)11-5-6-14(16)13(7-11)12(8-15(17)18)10-3-4-10/h5-7,9-10,12,16H,3-4,8H2,1-2H3,(H,17,18). The molecule has 0 saturated heterocycles. The zero-order chi connectivity index (χ0) is 13.3. The lowest BCUT2D eigenvalue weighted by molar-refractivity contribution is -0.137. The van der Waals surface area contributed by atoms with Crippen molar-refractivity contribution in [3.05, 3.63) is 29.3 Å². The maximum atomic E-state index is 11.0. The molecule has 3 heteroatoms. The number of phenolic OH excluding ortho intramolecular Hbond substituents is 1. The third kappa shape index (κ3) is 2.84. The van der Waals surface area contributed by atoms with E-state index >= 15 is 0 Å². The van der Waals surface area contributed by atoms with Crippen molar-refractivity contribution in [2.75, 3.05) is 0 Å². The van der Waals surface area contributed by atoms with Gasteiger partial charge in [-0.25, -0.2) is 0 Å². The zero-order valence-corrected chi connectivity index (χ0v) is 10.9. The van der Waals surface area contributed by atoms with Gasteiger partial charge < -0.3 is 10.2 Å². The fraction of sp³-hybridized carbons (Fsp3) is 0.533. The number of carboxylic acid groups (broad SMARTS) is 1.